The van der Waals surface area contributed by atoms with E-state index in [0.717, 1.165) is 18.8 Å². The zero-order valence-corrected chi connectivity index (χ0v) is 11.5. The van der Waals surface area contributed by atoms with Crippen LogP contribution >= 0.6 is 11.6 Å². The monoisotopic (exact) mass is 286 g/mol. The molecule has 18 heavy (non-hydrogen) atoms. The van der Waals surface area contributed by atoms with E-state index >= 15 is 0 Å². The molecule has 1 heterocycles. The molecule has 2 saturated carbocycles. The van der Waals surface area contributed by atoms with Gasteiger partial charge in [0.05, 0.1) is 4.90 Å². The van der Waals surface area contributed by atoms with Gasteiger partial charge in [0.2, 0.25) is 10.0 Å². The average Bonchev–Trinajstić information content (AvgIpc) is 3.18. The Bertz CT molecular complexity index is 565. The second kappa shape index (κ2) is 4.18. The summed E-state index contributed by atoms with van der Waals surface area (Å²) in [5, 5.41) is 0.196. The summed E-state index contributed by atoms with van der Waals surface area (Å²) in [5.74, 6) is 0.737. The van der Waals surface area contributed by atoms with Gasteiger partial charge in [0.15, 0.2) is 0 Å². The third kappa shape index (κ3) is 2.39. The molecule has 3 rings (SSSR count). The van der Waals surface area contributed by atoms with Crippen molar-refractivity contribution >= 4 is 21.6 Å². The lowest BCUT2D eigenvalue weighted by molar-refractivity contribution is 0.432. The van der Waals surface area contributed by atoms with Gasteiger partial charge in [-0.25, -0.2) is 18.1 Å². The van der Waals surface area contributed by atoms with E-state index in [9.17, 15) is 8.42 Å². The van der Waals surface area contributed by atoms with E-state index in [0.29, 0.717) is 6.54 Å². The van der Waals surface area contributed by atoms with Gasteiger partial charge in [-0.3, -0.25) is 0 Å². The summed E-state index contributed by atoms with van der Waals surface area (Å²) in [6.07, 6.45) is 6.21. The van der Waals surface area contributed by atoms with E-state index in [4.69, 9.17) is 11.6 Å². The Morgan fingerprint density at radius 2 is 2.17 bits per heavy atom. The Morgan fingerprint density at radius 1 is 1.44 bits per heavy atom. The van der Waals surface area contributed by atoms with Gasteiger partial charge in [-0.05, 0) is 49.1 Å². The predicted octanol–water partition coefficient (Wildman–Crippen LogP) is 2.20. The molecule has 0 amide bonds. The van der Waals surface area contributed by atoms with Crippen LogP contribution in [0.1, 0.15) is 25.7 Å². The Labute approximate surface area is 112 Å². The van der Waals surface area contributed by atoms with Crippen molar-refractivity contribution in [3.05, 3.63) is 23.5 Å². The molecule has 0 aliphatic heterocycles. The fourth-order valence-electron chi connectivity index (χ4n) is 2.46. The molecule has 4 nitrogen and oxygen atoms in total. The topological polar surface area (TPSA) is 59.1 Å². The van der Waals surface area contributed by atoms with Crippen molar-refractivity contribution in [1.29, 1.82) is 0 Å². The molecule has 0 atom stereocenters. The van der Waals surface area contributed by atoms with Crippen LogP contribution in [0.3, 0.4) is 0 Å². The molecular formula is C12H15ClN2O2S. The first kappa shape index (κ1) is 12.4. The molecule has 2 aliphatic rings. The smallest absolute Gasteiger partial charge is 0.240 e. The third-order valence-corrected chi connectivity index (χ3v) is 5.56. The predicted molar refractivity (Wildman–Crippen MR) is 68.8 cm³/mol. The summed E-state index contributed by atoms with van der Waals surface area (Å²) in [7, 11) is -3.46. The van der Waals surface area contributed by atoms with Crippen molar-refractivity contribution < 1.29 is 8.42 Å². The Kier molecular flexibility index (Phi) is 2.88. The van der Waals surface area contributed by atoms with Gasteiger partial charge in [-0.2, -0.15) is 0 Å². The van der Waals surface area contributed by atoms with Gasteiger partial charge in [-0.15, -0.1) is 0 Å². The van der Waals surface area contributed by atoms with Gasteiger partial charge in [0.1, 0.15) is 5.15 Å². The number of hydrogen-bond donors (Lipinski definition) is 1. The third-order valence-electron chi connectivity index (χ3n) is 3.96. The molecule has 1 aromatic rings. The lowest BCUT2D eigenvalue weighted by Gasteiger charge is -2.15. The quantitative estimate of drug-likeness (QED) is 0.844. The number of aromatic nitrogens is 1. The number of nitrogens with zero attached hydrogens (tertiary/aromatic N) is 1. The SMILES string of the molecule is O=S(=O)(NCC1(C2CC2)CC1)c1ccnc(Cl)c1. The number of hydrogen-bond acceptors (Lipinski definition) is 3. The average molecular weight is 287 g/mol. The maximum Gasteiger partial charge on any atom is 0.240 e. The highest BCUT2D eigenvalue weighted by atomic mass is 35.5. The van der Waals surface area contributed by atoms with Gasteiger partial charge >= 0.3 is 0 Å². The first-order valence-corrected chi connectivity index (χ1v) is 7.99. The van der Waals surface area contributed by atoms with E-state index in [2.05, 4.69) is 9.71 Å². The van der Waals surface area contributed by atoms with Crippen LogP contribution in [-0.4, -0.2) is 19.9 Å². The maximum atomic E-state index is 12.1. The highest BCUT2D eigenvalue weighted by Crippen LogP contribution is 2.60. The van der Waals surface area contributed by atoms with Crippen molar-refractivity contribution in [2.24, 2.45) is 11.3 Å². The van der Waals surface area contributed by atoms with Crippen molar-refractivity contribution in [2.75, 3.05) is 6.54 Å². The number of sulfonamides is 1. The number of pyridine rings is 1. The van der Waals surface area contributed by atoms with Crippen LogP contribution in [0.15, 0.2) is 23.2 Å². The number of halogens is 1. The fourth-order valence-corrected chi connectivity index (χ4v) is 3.85. The van der Waals surface area contributed by atoms with Crippen molar-refractivity contribution in [3.63, 3.8) is 0 Å². The molecule has 0 aromatic carbocycles. The normalized spacial score (nSPS) is 21.8. The van der Waals surface area contributed by atoms with Crippen LogP contribution in [0.2, 0.25) is 5.15 Å². The molecular weight excluding hydrogens is 272 g/mol. The van der Waals surface area contributed by atoms with Crippen LogP contribution in [-0.2, 0) is 10.0 Å². The summed E-state index contributed by atoms with van der Waals surface area (Å²) in [6, 6.07) is 2.84. The van der Waals surface area contributed by atoms with E-state index in [1.54, 1.807) is 0 Å². The van der Waals surface area contributed by atoms with Crippen LogP contribution in [0, 0.1) is 11.3 Å². The van der Waals surface area contributed by atoms with E-state index in [1.165, 1.54) is 31.2 Å². The van der Waals surface area contributed by atoms with Crippen LogP contribution in [0.4, 0.5) is 0 Å². The molecule has 0 spiro atoms. The number of nitrogens with one attached hydrogen (secondary N) is 1. The van der Waals surface area contributed by atoms with Crippen LogP contribution in [0.25, 0.3) is 0 Å². The minimum atomic E-state index is -3.46. The van der Waals surface area contributed by atoms with Gasteiger partial charge < -0.3 is 0 Å². The molecule has 0 bridgehead atoms. The molecule has 1 aromatic heterocycles. The standard InChI is InChI=1S/C12H15ClN2O2S/c13-11-7-10(3-6-14-11)18(16,17)15-8-12(4-5-12)9-1-2-9/h3,6-7,9,15H,1-2,4-5,8H2. The molecule has 1 N–H and O–H groups in total. The Hall–Kier alpha value is -0.650. The molecule has 2 fully saturated rings. The van der Waals surface area contributed by atoms with Crippen molar-refractivity contribution in [1.82, 2.24) is 9.71 Å². The maximum absolute atomic E-state index is 12.1. The molecule has 0 saturated heterocycles. The van der Waals surface area contributed by atoms with Gasteiger partial charge in [0.25, 0.3) is 0 Å². The highest BCUT2D eigenvalue weighted by Gasteiger charge is 2.53. The molecule has 6 heteroatoms. The molecule has 2 aliphatic carbocycles. The fraction of sp³-hybridized carbons (Fsp3) is 0.583. The Morgan fingerprint density at radius 3 is 2.72 bits per heavy atom. The lowest BCUT2D eigenvalue weighted by Crippen LogP contribution is -2.31. The van der Waals surface area contributed by atoms with Gasteiger partial charge in [0, 0.05) is 12.7 Å². The molecule has 0 radical (unpaired) electrons. The van der Waals surface area contributed by atoms with Crippen molar-refractivity contribution in [2.45, 2.75) is 30.6 Å². The number of rotatable bonds is 5. The summed E-state index contributed by atoms with van der Waals surface area (Å²) in [5.41, 5.74) is 0.254. The minimum Gasteiger partial charge on any atom is -0.244 e. The summed E-state index contributed by atoms with van der Waals surface area (Å²) >= 11 is 5.71. The van der Waals surface area contributed by atoms with Crippen molar-refractivity contribution in [3.8, 4) is 0 Å². The second-order valence-electron chi connectivity index (χ2n) is 5.28. The van der Waals surface area contributed by atoms with E-state index in [1.807, 2.05) is 0 Å². The first-order chi connectivity index (χ1) is 8.52. The zero-order valence-electron chi connectivity index (χ0n) is 9.89. The van der Waals surface area contributed by atoms with E-state index < -0.39 is 10.0 Å². The first-order valence-electron chi connectivity index (χ1n) is 6.13. The van der Waals surface area contributed by atoms with E-state index in [-0.39, 0.29) is 15.5 Å². The largest absolute Gasteiger partial charge is 0.244 e. The highest BCUT2D eigenvalue weighted by molar-refractivity contribution is 7.89. The second-order valence-corrected chi connectivity index (χ2v) is 7.43. The van der Waals surface area contributed by atoms with Crippen LogP contribution < -0.4 is 4.72 Å². The lowest BCUT2D eigenvalue weighted by atomic mass is 10.0. The zero-order chi connectivity index (χ0) is 12.8. The molecule has 98 valence electrons. The minimum absolute atomic E-state index is 0.189. The van der Waals surface area contributed by atoms with Gasteiger partial charge in [-0.1, -0.05) is 11.6 Å². The summed E-state index contributed by atoms with van der Waals surface area (Å²) in [4.78, 5) is 3.97. The molecule has 0 unspecified atom stereocenters. The summed E-state index contributed by atoms with van der Waals surface area (Å²) in [6.45, 7) is 0.555. The summed E-state index contributed by atoms with van der Waals surface area (Å²) < 4.78 is 26.9. The van der Waals surface area contributed by atoms with Crippen LogP contribution in [0.5, 0.6) is 0 Å². The Balaban J connectivity index is 1.71.